The number of nitriles is 1. The summed E-state index contributed by atoms with van der Waals surface area (Å²) in [5.41, 5.74) is 0. The van der Waals surface area contributed by atoms with E-state index in [-0.39, 0.29) is 6.04 Å². The predicted octanol–water partition coefficient (Wildman–Crippen LogP) is 0.151. The summed E-state index contributed by atoms with van der Waals surface area (Å²) in [5.74, 6) is 0. The van der Waals surface area contributed by atoms with Crippen molar-refractivity contribution in [3.05, 3.63) is 0 Å². The third-order valence-electron chi connectivity index (χ3n) is 1.36. The molecule has 4 heteroatoms. The number of nitrogens with one attached hydrogen (secondary N) is 1. The maximum Gasteiger partial charge on any atom is 0.119 e. The van der Waals surface area contributed by atoms with Gasteiger partial charge >= 0.3 is 0 Å². The molecule has 0 aromatic carbocycles. The van der Waals surface area contributed by atoms with E-state index >= 15 is 0 Å². The largest absolute Gasteiger partial charge is 0.379 e. The first-order valence-corrected chi connectivity index (χ1v) is 4.07. The van der Waals surface area contributed by atoms with Gasteiger partial charge < -0.3 is 14.8 Å². The van der Waals surface area contributed by atoms with Crippen molar-refractivity contribution in [2.24, 2.45) is 0 Å². The Kier molecular flexibility index (Phi) is 8.02. The zero-order chi connectivity index (χ0) is 9.23. The molecule has 0 amide bonds. The fourth-order valence-corrected chi connectivity index (χ4v) is 0.649. The van der Waals surface area contributed by atoms with Crippen molar-refractivity contribution in [2.75, 3.05) is 33.5 Å². The fraction of sp³-hybridized carbons (Fsp3) is 0.875. The Hall–Kier alpha value is -0.630. The van der Waals surface area contributed by atoms with E-state index in [9.17, 15) is 0 Å². The first-order chi connectivity index (χ1) is 5.85. The third-order valence-corrected chi connectivity index (χ3v) is 1.36. The Balaban J connectivity index is 3.13. The van der Waals surface area contributed by atoms with E-state index in [0.717, 1.165) is 0 Å². The van der Waals surface area contributed by atoms with E-state index < -0.39 is 0 Å². The van der Waals surface area contributed by atoms with Crippen molar-refractivity contribution in [1.29, 1.82) is 5.26 Å². The highest BCUT2D eigenvalue weighted by Gasteiger charge is 2.01. The fourth-order valence-electron chi connectivity index (χ4n) is 0.649. The van der Waals surface area contributed by atoms with Gasteiger partial charge in [0.2, 0.25) is 0 Å². The summed E-state index contributed by atoms with van der Waals surface area (Å²) in [6.07, 6.45) is 0. The average Bonchev–Trinajstić information content (AvgIpc) is 2.11. The number of ether oxygens (including phenoxy) is 2. The van der Waals surface area contributed by atoms with Crippen molar-refractivity contribution < 1.29 is 9.47 Å². The molecule has 1 N–H and O–H groups in total. The number of nitrogens with zero attached hydrogens (tertiary/aromatic N) is 1. The molecular formula is C8H16N2O2. The number of likely N-dealkylation sites (N-methyl/N-ethyl adjacent to an activating group) is 1. The second kappa shape index (κ2) is 8.47. The van der Waals surface area contributed by atoms with E-state index in [4.69, 9.17) is 14.7 Å². The average molecular weight is 172 g/mol. The molecule has 0 fully saturated rings. The van der Waals surface area contributed by atoms with Crippen molar-refractivity contribution in [2.45, 2.75) is 13.0 Å². The minimum absolute atomic E-state index is 0.216. The summed E-state index contributed by atoms with van der Waals surface area (Å²) >= 11 is 0. The first kappa shape index (κ1) is 11.4. The monoisotopic (exact) mass is 172 g/mol. The summed E-state index contributed by atoms with van der Waals surface area (Å²) < 4.78 is 10.2. The molecule has 0 bridgehead atoms. The summed E-state index contributed by atoms with van der Waals surface area (Å²) in [7, 11) is 1.74. The van der Waals surface area contributed by atoms with Crippen molar-refractivity contribution in [3.63, 3.8) is 0 Å². The Bertz CT molecular complexity index is 134. The lowest BCUT2D eigenvalue weighted by Crippen LogP contribution is -2.29. The number of hydrogen-bond donors (Lipinski definition) is 1. The van der Waals surface area contributed by atoms with Crippen LogP contribution in [0.1, 0.15) is 6.92 Å². The van der Waals surface area contributed by atoms with Gasteiger partial charge in [-0.05, 0) is 14.0 Å². The highest BCUT2D eigenvalue weighted by atomic mass is 16.5. The molecule has 1 atom stereocenters. The van der Waals surface area contributed by atoms with Crippen LogP contribution in [0.2, 0.25) is 0 Å². The van der Waals surface area contributed by atoms with Crippen molar-refractivity contribution in [3.8, 4) is 6.07 Å². The molecule has 0 aliphatic rings. The standard InChI is InChI=1S/C8H16N2O2/c1-3-11-4-5-12-7-8(6-9)10-2/h8,10H,3-5,7H2,1-2H3. The van der Waals surface area contributed by atoms with Gasteiger partial charge in [0.05, 0.1) is 25.9 Å². The van der Waals surface area contributed by atoms with Crippen LogP contribution in [-0.2, 0) is 9.47 Å². The van der Waals surface area contributed by atoms with Gasteiger partial charge in [0.1, 0.15) is 6.04 Å². The Labute approximate surface area is 73.5 Å². The van der Waals surface area contributed by atoms with Crippen LogP contribution in [0, 0.1) is 11.3 Å². The van der Waals surface area contributed by atoms with Crippen LogP contribution in [0.25, 0.3) is 0 Å². The van der Waals surface area contributed by atoms with Crippen LogP contribution in [-0.4, -0.2) is 39.5 Å². The molecule has 0 saturated heterocycles. The summed E-state index contributed by atoms with van der Waals surface area (Å²) in [5, 5.41) is 11.3. The third kappa shape index (κ3) is 6.10. The molecule has 1 unspecified atom stereocenters. The molecule has 0 aromatic rings. The Morgan fingerprint density at radius 1 is 1.42 bits per heavy atom. The van der Waals surface area contributed by atoms with Gasteiger partial charge in [-0.15, -0.1) is 0 Å². The van der Waals surface area contributed by atoms with E-state index in [0.29, 0.717) is 26.4 Å². The Morgan fingerprint density at radius 2 is 2.08 bits per heavy atom. The molecule has 0 aromatic heterocycles. The van der Waals surface area contributed by atoms with Crippen molar-refractivity contribution >= 4 is 0 Å². The summed E-state index contributed by atoms with van der Waals surface area (Å²) in [6.45, 7) is 4.20. The maximum absolute atomic E-state index is 8.50. The molecule has 70 valence electrons. The lowest BCUT2D eigenvalue weighted by Gasteiger charge is -2.07. The summed E-state index contributed by atoms with van der Waals surface area (Å²) in [6, 6.07) is 1.85. The lowest BCUT2D eigenvalue weighted by molar-refractivity contribution is 0.0492. The number of hydrogen-bond acceptors (Lipinski definition) is 4. The topological polar surface area (TPSA) is 54.3 Å². The van der Waals surface area contributed by atoms with Gasteiger partial charge in [0.25, 0.3) is 0 Å². The molecular weight excluding hydrogens is 156 g/mol. The molecule has 12 heavy (non-hydrogen) atoms. The van der Waals surface area contributed by atoms with Gasteiger partial charge in [0.15, 0.2) is 0 Å². The van der Waals surface area contributed by atoms with Crippen LogP contribution in [0.3, 0.4) is 0 Å². The molecule has 0 aliphatic carbocycles. The quantitative estimate of drug-likeness (QED) is 0.555. The lowest BCUT2D eigenvalue weighted by atomic mass is 10.4. The zero-order valence-corrected chi connectivity index (χ0v) is 7.67. The maximum atomic E-state index is 8.50. The smallest absolute Gasteiger partial charge is 0.119 e. The molecule has 0 radical (unpaired) electrons. The van der Waals surface area contributed by atoms with Crippen LogP contribution >= 0.6 is 0 Å². The van der Waals surface area contributed by atoms with E-state index in [2.05, 4.69) is 11.4 Å². The summed E-state index contributed by atoms with van der Waals surface area (Å²) in [4.78, 5) is 0. The van der Waals surface area contributed by atoms with Gasteiger partial charge in [-0.1, -0.05) is 0 Å². The van der Waals surface area contributed by atoms with E-state index in [1.165, 1.54) is 0 Å². The molecule has 0 heterocycles. The van der Waals surface area contributed by atoms with Gasteiger partial charge in [-0.25, -0.2) is 0 Å². The zero-order valence-electron chi connectivity index (χ0n) is 7.67. The van der Waals surface area contributed by atoms with E-state index in [1.807, 2.05) is 6.92 Å². The minimum atomic E-state index is -0.216. The second-order valence-corrected chi connectivity index (χ2v) is 2.24. The van der Waals surface area contributed by atoms with Crippen LogP contribution in [0.5, 0.6) is 0 Å². The SMILES string of the molecule is CCOCCOCC(C#N)NC. The highest BCUT2D eigenvalue weighted by Crippen LogP contribution is 1.83. The highest BCUT2D eigenvalue weighted by molar-refractivity contribution is 4.88. The van der Waals surface area contributed by atoms with Crippen LogP contribution in [0.15, 0.2) is 0 Å². The van der Waals surface area contributed by atoms with Gasteiger partial charge in [-0.2, -0.15) is 5.26 Å². The van der Waals surface area contributed by atoms with Gasteiger partial charge in [0, 0.05) is 6.61 Å². The van der Waals surface area contributed by atoms with Gasteiger partial charge in [-0.3, -0.25) is 0 Å². The number of rotatable bonds is 7. The molecule has 0 saturated carbocycles. The normalized spacial score (nSPS) is 12.4. The second-order valence-electron chi connectivity index (χ2n) is 2.24. The molecule has 0 spiro atoms. The van der Waals surface area contributed by atoms with Crippen LogP contribution < -0.4 is 5.32 Å². The Morgan fingerprint density at radius 3 is 2.58 bits per heavy atom. The van der Waals surface area contributed by atoms with Crippen LogP contribution in [0.4, 0.5) is 0 Å². The first-order valence-electron chi connectivity index (χ1n) is 4.07. The molecule has 0 aliphatic heterocycles. The minimum Gasteiger partial charge on any atom is -0.379 e. The van der Waals surface area contributed by atoms with Crippen molar-refractivity contribution in [1.82, 2.24) is 5.32 Å². The molecule has 4 nitrogen and oxygen atoms in total. The predicted molar refractivity (Wildman–Crippen MR) is 45.8 cm³/mol. The van der Waals surface area contributed by atoms with E-state index in [1.54, 1.807) is 7.05 Å². The molecule has 0 rings (SSSR count).